The molecule has 11 nitrogen and oxygen atoms in total. The fraction of sp³-hybridized carbons (Fsp3) is 0.143. The Balaban J connectivity index is 1.59. The van der Waals surface area contributed by atoms with Gasteiger partial charge < -0.3 is 15.2 Å². The predicted molar refractivity (Wildman–Crippen MR) is 125 cm³/mol. The smallest absolute Gasteiger partial charge is 0.263 e. The second-order valence-corrected chi connectivity index (χ2v) is 9.09. The molecule has 4 aromatic rings. The van der Waals surface area contributed by atoms with E-state index in [1.807, 2.05) is 0 Å². The minimum Gasteiger partial charge on any atom is -0.497 e. The van der Waals surface area contributed by atoms with Crippen molar-refractivity contribution < 1.29 is 22.7 Å². The minimum absolute atomic E-state index is 0.0326. The molecule has 1 amide bonds. The molecule has 13 heteroatoms. The van der Waals surface area contributed by atoms with Gasteiger partial charge in [0.1, 0.15) is 16.0 Å². The van der Waals surface area contributed by atoms with Gasteiger partial charge in [0.15, 0.2) is 11.5 Å². The first-order valence-electron chi connectivity index (χ1n) is 9.86. The lowest BCUT2D eigenvalue weighted by molar-refractivity contribution is -0.118. The number of hydrogen-bond donors (Lipinski definition) is 3. The van der Waals surface area contributed by atoms with Crippen LogP contribution in [-0.2, 0) is 14.8 Å². The van der Waals surface area contributed by atoms with Gasteiger partial charge in [0.2, 0.25) is 11.8 Å². The number of rotatable bonds is 9. The van der Waals surface area contributed by atoms with Crippen molar-refractivity contribution in [1.29, 1.82) is 0 Å². The molecule has 0 unspecified atom stereocenters. The van der Waals surface area contributed by atoms with Gasteiger partial charge in [0, 0.05) is 17.3 Å². The zero-order valence-corrected chi connectivity index (χ0v) is 19.4. The second-order valence-electron chi connectivity index (χ2n) is 7.03. The summed E-state index contributed by atoms with van der Waals surface area (Å²) in [6.45, 7) is 0.0552. The standard InChI is InChI=1S/C21H19ClN6O5S/c1-32-14-6-7-16(22)17(10-14)34(30,31)28-13-4-2-12(3-5-13)19-25-20-15(11-24-27-20)21(26-19)33-9-8-18(23)29/h2-7,10-11,28H,8-9H2,1H3,(H2,23,29)(H,24,25,26,27). The summed E-state index contributed by atoms with van der Waals surface area (Å²) in [6.07, 6.45) is 1.55. The highest BCUT2D eigenvalue weighted by Gasteiger charge is 2.19. The topological polar surface area (TPSA) is 162 Å². The number of ether oxygens (including phenoxy) is 2. The lowest BCUT2D eigenvalue weighted by Crippen LogP contribution is -2.15. The van der Waals surface area contributed by atoms with Crippen LogP contribution >= 0.6 is 11.6 Å². The van der Waals surface area contributed by atoms with E-state index in [1.54, 1.807) is 30.3 Å². The van der Waals surface area contributed by atoms with Gasteiger partial charge in [-0.1, -0.05) is 11.6 Å². The first-order chi connectivity index (χ1) is 16.3. The third-order valence-corrected chi connectivity index (χ3v) is 6.55. The molecule has 0 radical (unpaired) electrons. The molecule has 0 aliphatic rings. The van der Waals surface area contributed by atoms with Gasteiger partial charge in [-0.2, -0.15) is 10.1 Å². The van der Waals surface area contributed by atoms with Gasteiger partial charge in [0.25, 0.3) is 10.0 Å². The van der Waals surface area contributed by atoms with Gasteiger partial charge >= 0.3 is 0 Å². The van der Waals surface area contributed by atoms with E-state index in [4.69, 9.17) is 26.8 Å². The Kier molecular flexibility index (Phi) is 6.52. The van der Waals surface area contributed by atoms with Gasteiger partial charge in [0.05, 0.1) is 31.4 Å². The molecule has 4 rings (SSSR count). The predicted octanol–water partition coefficient (Wildman–Crippen LogP) is 2.74. The van der Waals surface area contributed by atoms with Crippen LogP contribution in [0, 0.1) is 0 Å². The maximum Gasteiger partial charge on any atom is 0.263 e. The molecule has 0 fully saturated rings. The van der Waals surface area contributed by atoms with Gasteiger partial charge in [-0.25, -0.2) is 13.4 Å². The van der Waals surface area contributed by atoms with E-state index >= 15 is 0 Å². The lowest BCUT2D eigenvalue weighted by atomic mass is 10.2. The molecular formula is C21H19ClN6O5S. The monoisotopic (exact) mass is 502 g/mol. The van der Waals surface area contributed by atoms with Crippen LogP contribution in [0.5, 0.6) is 11.6 Å². The molecular weight excluding hydrogens is 484 g/mol. The van der Waals surface area contributed by atoms with Crippen LogP contribution in [-0.4, -0.2) is 48.2 Å². The number of benzene rings is 2. The molecule has 34 heavy (non-hydrogen) atoms. The Labute approximate surface area is 199 Å². The molecule has 2 heterocycles. The van der Waals surface area contributed by atoms with E-state index in [0.29, 0.717) is 33.9 Å². The SMILES string of the molecule is COc1ccc(Cl)c(S(=O)(=O)Nc2ccc(-c3nc(OCCC(N)=O)c4cn[nH]c4n3)cc2)c1. The molecule has 0 saturated carbocycles. The fourth-order valence-corrected chi connectivity index (χ4v) is 4.58. The zero-order valence-electron chi connectivity index (χ0n) is 17.8. The van der Waals surface area contributed by atoms with Crippen molar-refractivity contribution in [2.24, 2.45) is 5.73 Å². The third-order valence-electron chi connectivity index (χ3n) is 4.69. The highest BCUT2D eigenvalue weighted by Crippen LogP contribution is 2.29. The van der Waals surface area contributed by atoms with Crippen LogP contribution in [0.25, 0.3) is 22.4 Å². The summed E-state index contributed by atoms with van der Waals surface area (Å²) in [6, 6.07) is 10.8. The third kappa shape index (κ3) is 5.02. The molecule has 0 aliphatic heterocycles. The molecule has 0 saturated heterocycles. The van der Waals surface area contributed by atoms with Crippen LogP contribution in [0.2, 0.25) is 5.02 Å². The molecule has 176 valence electrons. The summed E-state index contributed by atoms with van der Waals surface area (Å²) >= 11 is 6.08. The number of nitrogens with zero attached hydrogens (tertiary/aromatic N) is 3. The minimum atomic E-state index is -3.96. The van der Waals surface area contributed by atoms with Crippen molar-refractivity contribution in [3.63, 3.8) is 0 Å². The summed E-state index contributed by atoms with van der Waals surface area (Å²) < 4.78 is 38.8. The normalized spacial score (nSPS) is 11.4. The Hall–Kier alpha value is -3.90. The number of fused-ring (bicyclic) bond motifs is 1. The molecule has 0 spiro atoms. The van der Waals surface area contributed by atoms with Gasteiger partial charge in [-0.3, -0.25) is 14.6 Å². The molecule has 0 atom stereocenters. The summed E-state index contributed by atoms with van der Waals surface area (Å²) in [7, 11) is -2.53. The maximum atomic E-state index is 12.8. The first kappa shape index (κ1) is 23.3. The molecule has 2 aromatic heterocycles. The number of sulfonamides is 1. The Morgan fingerprint density at radius 1 is 1.18 bits per heavy atom. The molecule has 4 N–H and O–H groups in total. The number of primary amides is 1. The number of carbonyl (C=O) groups is 1. The van der Waals surface area contributed by atoms with Crippen molar-refractivity contribution >= 4 is 44.3 Å². The van der Waals surface area contributed by atoms with E-state index < -0.39 is 15.9 Å². The number of H-pyrrole nitrogens is 1. The first-order valence-corrected chi connectivity index (χ1v) is 11.7. The maximum absolute atomic E-state index is 12.8. The van der Waals surface area contributed by atoms with Crippen molar-refractivity contribution in [3.05, 3.63) is 53.7 Å². The van der Waals surface area contributed by atoms with Crippen molar-refractivity contribution in [1.82, 2.24) is 20.2 Å². The van der Waals surface area contributed by atoms with Gasteiger partial charge in [-0.15, -0.1) is 0 Å². The van der Waals surface area contributed by atoms with E-state index in [0.717, 1.165) is 0 Å². The molecule has 2 aromatic carbocycles. The average Bonchev–Trinajstić information content (AvgIpc) is 3.28. The number of nitrogens with one attached hydrogen (secondary N) is 2. The zero-order chi connectivity index (χ0) is 24.3. The summed E-state index contributed by atoms with van der Waals surface area (Å²) in [5, 5.41) is 7.32. The average molecular weight is 503 g/mol. The number of amides is 1. The van der Waals surface area contributed by atoms with E-state index in [1.165, 1.54) is 25.4 Å². The quantitative estimate of drug-likeness (QED) is 0.314. The summed E-state index contributed by atoms with van der Waals surface area (Å²) in [5.41, 5.74) is 6.50. The van der Waals surface area contributed by atoms with Crippen molar-refractivity contribution in [2.75, 3.05) is 18.4 Å². The Morgan fingerprint density at radius 3 is 2.65 bits per heavy atom. The fourth-order valence-electron chi connectivity index (χ4n) is 3.01. The van der Waals surface area contributed by atoms with Crippen molar-refractivity contribution in [3.8, 4) is 23.0 Å². The number of methoxy groups -OCH3 is 1. The van der Waals surface area contributed by atoms with Crippen LogP contribution in [0.4, 0.5) is 5.69 Å². The highest BCUT2D eigenvalue weighted by atomic mass is 35.5. The lowest BCUT2D eigenvalue weighted by Gasteiger charge is -2.11. The number of hydrogen-bond acceptors (Lipinski definition) is 8. The number of anilines is 1. The van der Waals surface area contributed by atoms with Crippen LogP contribution in [0.3, 0.4) is 0 Å². The van der Waals surface area contributed by atoms with Crippen LogP contribution < -0.4 is 19.9 Å². The largest absolute Gasteiger partial charge is 0.497 e. The number of carbonyl (C=O) groups excluding carboxylic acids is 1. The number of nitrogens with two attached hydrogens (primary N) is 1. The van der Waals surface area contributed by atoms with E-state index in [9.17, 15) is 13.2 Å². The highest BCUT2D eigenvalue weighted by molar-refractivity contribution is 7.92. The summed E-state index contributed by atoms with van der Waals surface area (Å²) in [4.78, 5) is 19.7. The van der Waals surface area contributed by atoms with Crippen LogP contribution in [0.15, 0.2) is 53.6 Å². The number of aromatic amines is 1. The van der Waals surface area contributed by atoms with Crippen molar-refractivity contribution in [2.45, 2.75) is 11.3 Å². The number of aromatic nitrogens is 4. The van der Waals surface area contributed by atoms with Gasteiger partial charge in [-0.05, 0) is 36.4 Å². The number of halogens is 1. The summed E-state index contributed by atoms with van der Waals surface area (Å²) in [5.74, 6) is 0.426. The molecule has 0 aliphatic carbocycles. The Bertz CT molecular complexity index is 1460. The Morgan fingerprint density at radius 2 is 1.94 bits per heavy atom. The van der Waals surface area contributed by atoms with E-state index in [-0.39, 0.29) is 28.8 Å². The van der Waals surface area contributed by atoms with Crippen LogP contribution in [0.1, 0.15) is 6.42 Å². The molecule has 0 bridgehead atoms. The van der Waals surface area contributed by atoms with E-state index in [2.05, 4.69) is 24.9 Å². The second kappa shape index (κ2) is 9.53.